The van der Waals surface area contributed by atoms with Gasteiger partial charge in [-0.25, -0.2) is 4.39 Å². The highest BCUT2D eigenvalue weighted by Gasteiger charge is 2.23. The molecule has 0 aliphatic rings. The molecule has 7 heteroatoms. The van der Waals surface area contributed by atoms with Crippen LogP contribution in [0.2, 0.25) is 0 Å². The Bertz CT molecular complexity index is 806. The molecule has 0 spiro atoms. The highest BCUT2D eigenvalue weighted by molar-refractivity contribution is 5.96. The lowest BCUT2D eigenvalue weighted by atomic mass is 10.2. The second-order valence-electron chi connectivity index (χ2n) is 7.01. The first kappa shape index (κ1) is 22.6. The first-order valence-electron chi connectivity index (χ1n) is 9.88. The van der Waals surface area contributed by atoms with Crippen LogP contribution in [0, 0.1) is 5.82 Å². The van der Waals surface area contributed by atoms with E-state index in [4.69, 9.17) is 4.74 Å². The standard InChI is InChI=1S/C22H30FN3O3/c1-4-5-12-25(16-20-10-7-11-24(20)2)21(27)17-26(13-14-29-3)22(28)18-8-6-9-19(23)15-18/h6-11,15H,4-5,12-14,16-17H2,1-3H3. The van der Waals surface area contributed by atoms with Gasteiger partial charge in [0.25, 0.3) is 5.91 Å². The minimum absolute atomic E-state index is 0.0765. The van der Waals surface area contributed by atoms with E-state index in [2.05, 4.69) is 6.92 Å². The van der Waals surface area contributed by atoms with Gasteiger partial charge in [-0.05, 0) is 36.8 Å². The monoisotopic (exact) mass is 403 g/mol. The lowest BCUT2D eigenvalue weighted by Crippen LogP contribution is -2.44. The molecule has 0 saturated carbocycles. The van der Waals surface area contributed by atoms with Crippen LogP contribution in [0.25, 0.3) is 0 Å². The van der Waals surface area contributed by atoms with Crippen molar-refractivity contribution in [2.24, 2.45) is 7.05 Å². The number of benzene rings is 1. The zero-order valence-electron chi connectivity index (χ0n) is 17.4. The molecule has 1 aromatic carbocycles. The predicted octanol–water partition coefficient (Wildman–Crippen LogP) is 3.08. The Morgan fingerprint density at radius 1 is 1.14 bits per heavy atom. The molecule has 29 heavy (non-hydrogen) atoms. The van der Waals surface area contributed by atoms with E-state index in [9.17, 15) is 14.0 Å². The number of halogens is 1. The number of nitrogens with zero attached hydrogens (tertiary/aromatic N) is 3. The largest absolute Gasteiger partial charge is 0.383 e. The van der Waals surface area contributed by atoms with Crippen LogP contribution < -0.4 is 0 Å². The molecule has 1 heterocycles. The third kappa shape index (κ3) is 6.71. The Labute approximate surface area is 171 Å². The molecule has 0 unspecified atom stereocenters. The maximum atomic E-state index is 13.5. The summed E-state index contributed by atoms with van der Waals surface area (Å²) in [6, 6.07) is 9.43. The van der Waals surface area contributed by atoms with Crippen molar-refractivity contribution in [3.63, 3.8) is 0 Å². The van der Waals surface area contributed by atoms with Crippen molar-refractivity contribution < 1.29 is 18.7 Å². The van der Waals surface area contributed by atoms with Crippen molar-refractivity contribution in [3.05, 3.63) is 59.7 Å². The first-order chi connectivity index (χ1) is 14.0. The second kappa shape index (κ2) is 11.4. The van der Waals surface area contributed by atoms with Crippen LogP contribution >= 0.6 is 0 Å². The smallest absolute Gasteiger partial charge is 0.254 e. The van der Waals surface area contributed by atoms with Crippen LogP contribution in [0.4, 0.5) is 4.39 Å². The summed E-state index contributed by atoms with van der Waals surface area (Å²) in [7, 11) is 3.48. The number of unbranched alkanes of at least 4 members (excludes halogenated alkanes) is 1. The van der Waals surface area contributed by atoms with Crippen molar-refractivity contribution in [2.45, 2.75) is 26.3 Å². The number of aryl methyl sites for hydroxylation is 1. The maximum absolute atomic E-state index is 13.5. The van der Waals surface area contributed by atoms with E-state index in [1.54, 1.807) is 11.0 Å². The SMILES string of the molecule is CCCCN(Cc1cccn1C)C(=O)CN(CCOC)C(=O)c1cccc(F)c1. The zero-order chi connectivity index (χ0) is 21.2. The van der Waals surface area contributed by atoms with Gasteiger partial charge in [0.1, 0.15) is 12.4 Å². The van der Waals surface area contributed by atoms with Gasteiger partial charge in [0, 0.05) is 44.7 Å². The number of hydrogen-bond donors (Lipinski definition) is 0. The highest BCUT2D eigenvalue weighted by Crippen LogP contribution is 2.11. The maximum Gasteiger partial charge on any atom is 0.254 e. The Hall–Kier alpha value is -2.67. The van der Waals surface area contributed by atoms with Crippen molar-refractivity contribution in [1.29, 1.82) is 0 Å². The third-order valence-electron chi connectivity index (χ3n) is 4.79. The summed E-state index contributed by atoms with van der Waals surface area (Å²) in [6.07, 6.45) is 3.79. The number of methoxy groups -OCH3 is 1. The number of carbonyl (C=O) groups is 2. The van der Waals surface area contributed by atoms with E-state index in [0.717, 1.165) is 18.5 Å². The van der Waals surface area contributed by atoms with Gasteiger partial charge in [0.2, 0.25) is 5.91 Å². The Kier molecular flexibility index (Phi) is 8.86. The van der Waals surface area contributed by atoms with E-state index in [-0.39, 0.29) is 30.5 Å². The van der Waals surface area contributed by atoms with Crippen LogP contribution in [-0.2, 0) is 23.1 Å². The average Bonchev–Trinajstić information content (AvgIpc) is 3.12. The van der Waals surface area contributed by atoms with Crippen LogP contribution in [-0.4, -0.2) is 59.5 Å². The zero-order valence-corrected chi connectivity index (χ0v) is 17.4. The molecule has 0 aliphatic carbocycles. The van der Waals surface area contributed by atoms with Gasteiger partial charge >= 0.3 is 0 Å². The number of amides is 2. The fourth-order valence-corrected chi connectivity index (χ4v) is 3.02. The summed E-state index contributed by atoms with van der Waals surface area (Å²) < 4.78 is 20.6. The number of ether oxygens (including phenoxy) is 1. The first-order valence-corrected chi connectivity index (χ1v) is 9.88. The van der Waals surface area contributed by atoms with Crippen molar-refractivity contribution in [2.75, 3.05) is 33.4 Å². The molecule has 6 nitrogen and oxygen atoms in total. The fraction of sp³-hybridized carbons (Fsp3) is 0.455. The third-order valence-corrected chi connectivity index (χ3v) is 4.79. The second-order valence-corrected chi connectivity index (χ2v) is 7.01. The van der Waals surface area contributed by atoms with Crippen LogP contribution in [0.5, 0.6) is 0 Å². The van der Waals surface area contributed by atoms with Crippen LogP contribution in [0.3, 0.4) is 0 Å². The van der Waals surface area contributed by atoms with Gasteiger partial charge in [-0.3, -0.25) is 9.59 Å². The number of hydrogen-bond acceptors (Lipinski definition) is 3. The van der Waals surface area contributed by atoms with Crippen molar-refractivity contribution in [3.8, 4) is 0 Å². The number of carbonyl (C=O) groups excluding carboxylic acids is 2. The van der Waals surface area contributed by atoms with Gasteiger partial charge in [-0.15, -0.1) is 0 Å². The molecule has 0 aliphatic heterocycles. The molecule has 0 atom stereocenters. The van der Waals surface area contributed by atoms with Gasteiger partial charge < -0.3 is 19.1 Å². The Morgan fingerprint density at radius 3 is 2.55 bits per heavy atom. The molecule has 2 amide bonds. The fourth-order valence-electron chi connectivity index (χ4n) is 3.02. The normalized spacial score (nSPS) is 10.8. The Morgan fingerprint density at radius 2 is 1.93 bits per heavy atom. The minimum atomic E-state index is -0.484. The minimum Gasteiger partial charge on any atom is -0.383 e. The van der Waals surface area contributed by atoms with Crippen LogP contribution in [0.15, 0.2) is 42.6 Å². The number of rotatable bonds is 11. The lowest BCUT2D eigenvalue weighted by molar-refractivity contribution is -0.132. The summed E-state index contributed by atoms with van der Waals surface area (Å²) >= 11 is 0. The van der Waals surface area contributed by atoms with E-state index in [1.807, 2.05) is 29.9 Å². The molecular formula is C22H30FN3O3. The molecule has 2 rings (SSSR count). The molecule has 1 aromatic heterocycles. The van der Waals surface area contributed by atoms with Gasteiger partial charge in [-0.1, -0.05) is 19.4 Å². The summed E-state index contributed by atoms with van der Waals surface area (Å²) in [5.41, 5.74) is 1.24. The molecule has 2 aromatic rings. The van der Waals surface area contributed by atoms with Crippen LogP contribution in [0.1, 0.15) is 35.8 Å². The van der Waals surface area contributed by atoms with E-state index < -0.39 is 5.82 Å². The Balaban J connectivity index is 2.16. The van der Waals surface area contributed by atoms with E-state index in [1.165, 1.54) is 30.2 Å². The number of aromatic nitrogens is 1. The molecule has 0 fully saturated rings. The molecule has 0 saturated heterocycles. The van der Waals surface area contributed by atoms with Gasteiger partial charge in [0.15, 0.2) is 0 Å². The summed E-state index contributed by atoms with van der Waals surface area (Å²) in [4.78, 5) is 29.1. The quantitative estimate of drug-likeness (QED) is 0.579. The van der Waals surface area contributed by atoms with E-state index in [0.29, 0.717) is 19.7 Å². The van der Waals surface area contributed by atoms with Gasteiger partial charge in [0.05, 0.1) is 13.2 Å². The van der Waals surface area contributed by atoms with E-state index >= 15 is 0 Å². The van der Waals surface area contributed by atoms with Crippen molar-refractivity contribution >= 4 is 11.8 Å². The molecule has 0 bridgehead atoms. The molecule has 158 valence electrons. The highest BCUT2D eigenvalue weighted by atomic mass is 19.1. The predicted molar refractivity (Wildman–Crippen MR) is 110 cm³/mol. The molecular weight excluding hydrogens is 373 g/mol. The summed E-state index contributed by atoms with van der Waals surface area (Å²) in [6.45, 7) is 3.64. The lowest BCUT2D eigenvalue weighted by Gasteiger charge is -2.28. The topological polar surface area (TPSA) is 54.8 Å². The van der Waals surface area contributed by atoms with Crippen molar-refractivity contribution in [1.82, 2.24) is 14.4 Å². The summed E-state index contributed by atoms with van der Waals surface area (Å²) in [5.74, 6) is -1.01. The van der Waals surface area contributed by atoms with Gasteiger partial charge in [-0.2, -0.15) is 0 Å². The summed E-state index contributed by atoms with van der Waals surface area (Å²) in [5, 5.41) is 0. The average molecular weight is 403 g/mol. The molecule has 0 N–H and O–H groups in total. The molecule has 0 radical (unpaired) electrons.